The van der Waals surface area contributed by atoms with Gasteiger partial charge in [-0.2, -0.15) is 13.2 Å². The average Bonchev–Trinajstić information content (AvgIpc) is 2.94. The summed E-state index contributed by atoms with van der Waals surface area (Å²) in [6.07, 6.45) is -0.816. The van der Waals surface area contributed by atoms with Gasteiger partial charge in [-0.05, 0) is 25.7 Å². The number of carbonyl (C=O) groups is 1. The van der Waals surface area contributed by atoms with Gasteiger partial charge in [-0.1, -0.05) is 6.42 Å². The highest BCUT2D eigenvalue weighted by molar-refractivity contribution is 5.84. The molecule has 2 fully saturated rings. The molecule has 0 aromatic carbocycles. The molecule has 0 atom stereocenters. The predicted octanol–water partition coefficient (Wildman–Crippen LogP) is 1.67. The van der Waals surface area contributed by atoms with Crippen molar-refractivity contribution in [1.29, 1.82) is 0 Å². The molecule has 6 heteroatoms. The van der Waals surface area contributed by atoms with Crippen LogP contribution in [0, 0.1) is 5.41 Å². The standard InChI is InChI=1S/C11H17F3N2O/c12-11(13,14)7-16(8-2-3-8)9(17)10(6-15)4-1-5-10/h8H,1-7,15H2. The first-order valence-corrected chi connectivity index (χ1v) is 5.96. The molecule has 2 N–H and O–H groups in total. The molecule has 0 radical (unpaired) electrons. The molecule has 0 unspecified atom stereocenters. The van der Waals surface area contributed by atoms with Crippen LogP contribution in [0.25, 0.3) is 0 Å². The molecule has 0 spiro atoms. The summed E-state index contributed by atoms with van der Waals surface area (Å²) in [5.74, 6) is -0.383. The maximum Gasteiger partial charge on any atom is 0.406 e. The summed E-state index contributed by atoms with van der Waals surface area (Å²) in [4.78, 5) is 13.2. The van der Waals surface area contributed by atoms with Gasteiger partial charge in [-0.15, -0.1) is 0 Å². The van der Waals surface area contributed by atoms with Crippen molar-refractivity contribution in [1.82, 2.24) is 4.90 Å². The van der Waals surface area contributed by atoms with Crippen molar-refractivity contribution in [2.75, 3.05) is 13.1 Å². The average molecular weight is 250 g/mol. The van der Waals surface area contributed by atoms with E-state index in [2.05, 4.69) is 0 Å². The molecule has 0 saturated heterocycles. The van der Waals surface area contributed by atoms with Gasteiger partial charge in [0.1, 0.15) is 6.54 Å². The SMILES string of the molecule is NCC1(C(=O)N(CC(F)(F)F)C2CC2)CCC1. The van der Waals surface area contributed by atoms with E-state index in [0.717, 1.165) is 11.3 Å². The first kappa shape index (κ1) is 12.7. The first-order chi connectivity index (χ1) is 7.88. The van der Waals surface area contributed by atoms with Crippen molar-refractivity contribution in [3.05, 3.63) is 0 Å². The van der Waals surface area contributed by atoms with Gasteiger partial charge in [0.15, 0.2) is 0 Å². The largest absolute Gasteiger partial charge is 0.406 e. The van der Waals surface area contributed by atoms with Gasteiger partial charge in [-0.25, -0.2) is 0 Å². The zero-order valence-corrected chi connectivity index (χ0v) is 9.59. The zero-order valence-electron chi connectivity index (χ0n) is 9.59. The first-order valence-electron chi connectivity index (χ1n) is 5.96. The fourth-order valence-electron chi connectivity index (χ4n) is 2.36. The van der Waals surface area contributed by atoms with Gasteiger partial charge in [0.2, 0.25) is 5.91 Å². The molecule has 0 aromatic rings. The third kappa shape index (κ3) is 2.56. The maximum absolute atomic E-state index is 12.4. The van der Waals surface area contributed by atoms with Crippen LogP contribution in [0.15, 0.2) is 0 Å². The van der Waals surface area contributed by atoms with Gasteiger partial charge in [0.05, 0.1) is 5.41 Å². The number of carbonyl (C=O) groups excluding carboxylic acids is 1. The van der Waals surface area contributed by atoms with E-state index >= 15 is 0 Å². The summed E-state index contributed by atoms with van der Waals surface area (Å²) in [7, 11) is 0. The topological polar surface area (TPSA) is 46.3 Å². The summed E-state index contributed by atoms with van der Waals surface area (Å²) < 4.78 is 37.3. The van der Waals surface area contributed by atoms with Gasteiger partial charge in [0, 0.05) is 12.6 Å². The van der Waals surface area contributed by atoms with Crippen molar-refractivity contribution in [2.45, 2.75) is 44.3 Å². The highest BCUT2D eigenvalue weighted by Gasteiger charge is 2.50. The lowest BCUT2D eigenvalue weighted by Gasteiger charge is -2.43. The predicted molar refractivity (Wildman–Crippen MR) is 56.1 cm³/mol. The number of nitrogens with two attached hydrogens (primary N) is 1. The van der Waals surface area contributed by atoms with E-state index in [4.69, 9.17) is 5.73 Å². The fourth-order valence-corrected chi connectivity index (χ4v) is 2.36. The zero-order chi connectivity index (χ0) is 12.7. The van der Waals surface area contributed by atoms with Crippen molar-refractivity contribution in [3.8, 4) is 0 Å². The number of halogens is 3. The smallest absolute Gasteiger partial charge is 0.330 e. The molecule has 0 heterocycles. The molecule has 3 nitrogen and oxygen atoms in total. The summed E-state index contributed by atoms with van der Waals surface area (Å²) in [6, 6.07) is -0.215. The Morgan fingerprint density at radius 2 is 1.94 bits per heavy atom. The van der Waals surface area contributed by atoms with Crippen LogP contribution in [-0.2, 0) is 4.79 Å². The van der Waals surface area contributed by atoms with Crippen LogP contribution >= 0.6 is 0 Å². The summed E-state index contributed by atoms with van der Waals surface area (Å²) in [5.41, 5.74) is 4.86. The lowest BCUT2D eigenvalue weighted by atomic mass is 9.67. The van der Waals surface area contributed by atoms with Crippen LogP contribution in [0.5, 0.6) is 0 Å². The van der Waals surface area contributed by atoms with E-state index in [-0.39, 0.29) is 18.5 Å². The number of amides is 1. The second-order valence-corrected chi connectivity index (χ2v) is 5.12. The van der Waals surface area contributed by atoms with E-state index in [1.807, 2.05) is 0 Å². The summed E-state index contributed by atoms with van der Waals surface area (Å²) >= 11 is 0. The molecular formula is C11H17F3N2O. The van der Waals surface area contributed by atoms with Crippen molar-refractivity contribution in [3.63, 3.8) is 0 Å². The molecule has 2 saturated carbocycles. The number of nitrogens with zero attached hydrogens (tertiary/aromatic N) is 1. The molecule has 0 aliphatic heterocycles. The minimum atomic E-state index is -4.32. The van der Waals surface area contributed by atoms with E-state index in [1.54, 1.807) is 0 Å². The Morgan fingerprint density at radius 1 is 1.35 bits per heavy atom. The molecule has 2 rings (SSSR count). The molecule has 98 valence electrons. The van der Waals surface area contributed by atoms with Crippen molar-refractivity contribution in [2.24, 2.45) is 11.1 Å². The minimum absolute atomic E-state index is 0.160. The highest BCUT2D eigenvalue weighted by Crippen LogP contribution is 2.44. The van der Waals surface area contributed by atoms with Crippen LogP contribution in [-0.4, -0.2) is 36.1 Å². The van der Waals surface area contributed by atoms with Crippen LogP contribution in [0.2, 0.25) is 0 Å². The van der Waals surface area contributed by atoms with Crippen LogP contribution < -0.4 is 5.73 Å². The number of rotatable bonds is 4. The van der Waals surface area contributed by atoms with Gasteiger partial charge >= 0.3 is 6.18 Å². The quantitative estimate of drug-likeness (QED) is 0.825. The van der Waals surface area contributed by atoms with Crippen molar-refractivity contribution >= 4 is 5.91 Å². The van der Waals surface area contributed by atoms with Gasteiger partial charge in [-0.3, -0.25) is 4.79 Å². The molecule has 0 bridgehead atoms. The van der Waals surface area contributed by atoms with E-state index in [1.165, 1.54) is 0 Å². The third-order valence-corrected chi connectivity index (χ3v) is 3.75. The highest BCUT2D eigenvalue weighted by atomic mass is 19.4. The Morgan fingerprint density at radius 3 is 2.24 bits per heavy atom. The molecular weight excluding hydrogens is 233 g/mol. The number of hydrogen-bond donors (Lipinski definition) is 1. The van der Waals surface area contributed by atoms with E-state index in [0.29, 0.717) is 25.7 Å². The van der Waals surface area contributed by atoms with Gasteiger partial charge < -0.3 is 10.6 Å². The Bertz CT molecular complexity index is 303. The van der Waals surface area contributed by atoms with Crippen LogP contribution in [0.3, 0.4) is 0 Å². The Hall–Kier alpha value is -0.780. The second kappa shape index (κ2) is 4.15. The lowest BCUT2D eigenvalue weighted by molar-refractivity contribution is -0.172. The number of hydrogen-bond acceptors (Lipinski definition) is 2. The monoisotopic (exact) mass is 250 g/mol. The Kier molecular flexibility index (Phi) is 3.10. The summed E-state index contributed by atoms with van der Waals surface area (Å²) in [5, 5.41) is 0. The second-order valence-electron chi connectivity index (χ2n) is 5.12. The van der Waals surface area contributed by atoms with E-state index < -0.39 is 18.1 Å². The normalized spacial score (nSPS) is 23.1. The Balaban J connectivity index is 2.08. The van der Waals surface area contributed by atoms with Crippen LogP contribution in [0.4, 0.5) is 13.2 Å². The van der Waals surface area contributed by atoms with Crippen LogP contribution in [0.1, 0.15) is 32.1 Å². The maximum atomic E-state index is 12.4. The number of alkyl halides is 3. The minimum Gasteiger partial charge on any atom is -0.330 e. The Labute approximate surface area is 98.1 Å². The molecule has 2 aliphatic rings. The van der Waals surface area contributed by atoms with Crippen molar-refractivity contribution < 1.29 is 18.0 Å². The molecule has 2 aliphatic carbocycles. The lowest BCUT2D eigenvalue weighted by Crippen LogP contribution is -2.54. The molecule has 17 heavy (non-hydrogen) atoms. The van der Waals surface area contributed by atoms with E-state index in [9.17, 15) is 18.0 Å². The fraction of sp³-hybridized carbons (Fsp3) is 0.909. The summed E-state index contributed by atoms with van der Waals surface area (Å²) in [6.45, 7) is -0.967. The molecule has 0 aromatic heterocycles. The third-order valence-electron chi connectivity index (χ3n) is 3.75. The van der Waals surface area contributed by atoms with Gasteiger partial charge in [0.25, 0.3) is 0 Å². The molecule has 1 amide bonds.